The first-order valence-corrected chi connectivity index (χ1v) is 13.1. The summed E-state index contributed by atoms with van der Waals surface area (Å²) >= 11 is 11.4. The Bertz CT molecular complexity index is 765. The lowest BCUT2D eigenvalue weighted by molar-refractivity contribution is -0.384. The summed E-state index contributed by atoms with van der Waals surface area (Å²) in [7, 11) is -2.20. The minimum absolute atomic E-state index is 0.0393. The molecule has 0 aliphatic carbocycles. The Morgan fingerprint density at radius 1 is 1.20 bits per heavy atom. The van der Waals surface area contributed by atoms with Crippen LogP contribution < -0.4 is 5.32 Å². The lowest BCUT2D eigenvalue weighted by atomic mass is 10.0. The minimum Gasteiger partial charge on any atom is -0.455 e. The van der Waals surface area contributed by atoms with Crippen molar-refractivity contribution in [1.29, 1.82) is 0 Å². The van der Waals surface area contributed by atoms with Gasteiger partial charge in [0.25, 0.3) is 11.6 Å². The maximum atomic E-state index is 12.2. The molecule has 1 aromatic rings. The number of non-ortho nitro benzene ring substituents is 1. The Morgan fingerprint density at radius 2 is 1.73 bits per heavy atom. The van der Waals surface area contributed by atoms with Gasteiger partial charge in [0.15, 0.2) is 13.2 Å². The number of benzene rings is 1. The molecule has 168 valence electrons. The number of halogens is 2. The number of esters is 1. The zero-order valence-electron chi connectivity index (χ0n) is 17.9. The molecule has 11 heteroatoms. The summed E-state index contributed by atoms with van der Waals surface area (Å²) in [5, 5.41) is 13.5. The van der Waals surface area contributed by atoms with E-state index in [1.807, 2.05) is 13.1 Å². The van der Waals surface area contributed by atoms with Crippen LogP contribution in [0.4, 0.5) is 5.69 Å². The second-order valence-corrected chi connectivity index (χ2v) is 14.3. The predicted octanol–water partition coefficient (Wildman–Crippen LogP) is 4.51. The summed E-state index contributed by atoms with van der Waals surface area (Å²) in [6.07, 6.45) is -0.955. The molecule has 1 rings (SSSR count). The summed E-state index contributed by atoms with van der Waals surface area (Å²) in [6, 6.07) is 4.72. The largest absolute Gasteiger partial charge is 0.455 e. The Kier molecular flexibility index (Phi) is 9.28. The van der Waals surface area contributed by atoms with Crippen molar-refractivity contribution in [2.24, 2.45) is 0 Å². The number of hydrogen-bond donors (Lipinski definition) is 1. The molecule has 0 bridgehead atoms. The molecule has 0 saturated heterocycles. The van der Waals surface area contributed by atoms with Gasteiger partial charge in [-0.15, -0.1) is 0 Å². The molecule has 1 amide bonds. The van der Waals surface area contributed by atoms with Crippen LogP contribution in [0.25, 0.3) is 0 Å². The van der Waals surface area contributed by atoms with Crippen molar-refractivity contribution >= 4 is 49.1 Å². The van der Waals surface area contributed by atoms with Gasteiger partial charge in [-0.1, -0.05) is 44.0 Å². The van der Waals surface area contributed by atoms with E-state index in [-0.39, 0.29) is 17.3 Å². The van der Waals surface area contributed by atoms with Crippen LogP contribution in [0, 0.1) is 10.1 Å². The number of nitro groups is 1. The molecule has 8 nitrogen and oxygen atoms in total. The van der Waals surface area contributed by atoms with Crippen LogP contribution >= 0.6 is 23.2 Å². The first-order valence-electron chi connectivity index (χ1n) is 9.30. The maximum absolute atomic E-state index is 12.2. The number of nitro benzene ring substituents is 1. The molecule has 0 saturated carbocycles. The minimum atomic E-state index is -2.20. The van der Waals surface area contributed by atoms with Gasteiger partial charge in [0, 0.05) is 19.1 Å². The fourth-order valence-electron chi connectivity index (χ4n) is 2.31. The Balaban J connectivity index is 3.28. The van der Waals surface area contributed by atoms with Gasteiger partial charge >= 0.3 is 5.97 Å². The highest BCUT2D eigenvalue weighted by molar-refractivity contribution is 6.74. The first-order chi connectivity index (χ1) is 13.7. The molecule has 0 heterocycles. The summed E-state index contributed by atoms with van der Waals surface area (Å²) in [4.78, 5) is 33.0. The number of carbonyl (C=O) groups excluding carboxylic acids is 2. The molecule has 0 aliphatic rings. The van der Waals surface area contributed by atoms with Gasteiger partial charge in [0.1, 0.15) is 6.10 Å². The molecule has 1 aromatic carbocycles. The monoisotopic (exact) mass is 478 g/mol. The standard InChI is InChI=1S/C19H28Cl2N2O6Si/c1-12(24)29-16(13-7-9-14(10-8-13)23(26)27)15(22-18(25)17(20)21)11-28-30(5,6)19(2,3)4/h7-10,15-17H,11H2,1-6H3,(H,22,25)/t15-,16+/m1/s1. The molecule has 0 aromatic heterocycles. The van der Waals surface area contributed by atoms with Crippen molar-refractivity contribution in [2.45, 2.75) is 62.8 Å². The average molecular weight is 479 g/mol. The zero-order chi connectivity index (χ0) is 23.3. The third-order valence-corrected chi connectivity index (χ3v) is 9.94. The molecular weight excluding hydrogens is 451 g/mol. The molecule has 0 fully saturated rings. The fraction of sp³-hybridized carbons (Fsp3) is 0.579. The average Bonchev–Trinajstić information content (AvgIpc) is 2.62. The Hall–Kier alpha value is -1.68. The molecule has 0 spiro atoms. The van der Waals surface area contributed by atoms with Crippen LogP contribution in [0.1, 0.15) is 39.4 Å². The quantitative estimate of drug-likeness (QED) is 0.184. The van der Waals surface area contributed by atoms with Crippen LogP contribution in [0.2, 0.25) is 18.1 Å². The van der Waals surface area contributed by atoms with Gasteiger partial charge in [-0.05, 0) is 35.8 Å². The predicted molar refractivity (Wildman–Crippen MR) is 118 cm³/mol. The Labute approximate surface area is 187 Å². The van der Waals surface area contributed by atoms with Crippen molar-refractivity contribution in [3.63, 3.8) is 0 Å². The van der Waals surface area contributed by atoms with Crippen LogP contribution in [-0.2, 0) is 18.8 Å². The van der Waals surface area contributed by atoms with Crippen LogP contribution in [-0.4, -0.2) is 42.6 Å². The van der Waals surface area contributed by atoms with Crippen LogP contribution in [0.15, 0.2) is 24.3 Å². The summed E-state index contributed by atoms with van der Waals surface area (Å²) < 4.78 is 11.7. The molecule has 1 N–H and O–H groups in total. The van der Waals surface area contributed by atoms with Gasteiger partial charge in [-0.3, -0.25) is 19.7 Å². The van der Waals surface area contributed by atoms with Gasteiger partial charge in [-0.25, -0.2) is 0 Å². The molecule has 0 radical (unpaired) electrons. The number of hydrogen-bond acceptors (Lipinski definition) is 6. The van der Waals surface area contributed by atoms with E-state index in [0.29, 0.717) is 5.56 Å². The van der Waals surface area contributed by atoms with Crippen LogP contribution in [0.3, 0.4) is 0 Å². The van der Waals surface area contributed by atoms with E-state index in [2.05, 4.69) is 26.1 Å². The van der Waals surface area contributed by atoms with E-state index < -0.39 is 42.1 Å². The Morgan fingerprint density at radius 3 is 2.13 bits per heavy atom. The SMILES string of the molecule is CC(=O)O[C@@H](c1ccc([N+](=O)[O-])cc1)[C@@H](CO[Si](C)(C)C(C)(C)C)NC(=O)C(Cl)Cl. The number of carbonyl (C=O) groups is 2. The lowest BCUT2D eigenvalue weighted by Gasteiger charge is -2.38. The first kappa shape index (κ1) is 26.4. The third-order valence-electron chi connectivity index (χ3n) is 5.05. The van der Waals surface area contributed by atoms with Crippen molar-refractivity contribution in [3.05, 3.63) is 39.9 Å². The number of amides is 1. The smallest absolute Gasteiger partial charge is 0.303 e. The molecule has 0 unspecified atom stereocenters. The van der Waals surface area contributed by atoms with Gasteiger partial charge < -0.3 is 14.5 Å². The number of rotatable bonds is 9. The summed E-state index contributed by atoms with van der Waals surface area (Å²) in [6.45, 7) is 11.6. The van der Waals surface area contributed by atoms with Gasteiger partial charge in [0.05, 0.1) is 17.6 Å². The van der Waals surface area contributed by atoms with E-state index in [9.17, 15) is 19.7 Å². The van der Waals surface area contributed by atoms with Crippen LogP contribution in [0.5, 0.6) is 0 Å². The molecule has 30 heavy (non-hydrogen) atoms. The highest BCUT2D eigenvalue weighted by atomic mass is 35.5. The van der Waals surface area contributed by atoms with Crippen molar-refractivity contribution < 1.29 is 23.7 Å². The maximum Gasteiger partial charge on any atom is 0.303 e. The normalized spacial score (nSPS) is 14.2. The zero-order valence-corrected chi connectivity index (χ0v) is 20.4. The van der Waals surface area contributed by atoms with Crippen molar-refractivity contribution in [2.75, 3.05) is 6.61 Å². The number of nitrogens with one attached hydrogen (secondary N) is 1. The van der Waals surface area contributed by atoms with Crippen molar-refractivity contribution in [3.8, 4) is 0 Å². The van der Waals surface area contributed by atoms with E-state index in [4.69, 9.17) is 32.4 Å². The van der Waals surface area contributed by atoms with E-state index in [0.717, 1.165) is 0 Å². The molecule has 0 aliphatic heterocycles. The van der Waals surface area contributed by atoms with Gasteiger partial charge in [0.2, 0.25) is 0 Å². The topological polar surface area (TPSA) is 108 Å². The highest BCUT2D eigenvalue weighted by Gasteiger charge is 2.39. The number of nitrogens with zero attached hydrogens (tertiary/aromatic N) is 1. The molecular formula is C19H28Cl2N2O6Si. The van der Waals surface area contributed by atoms with Crippen molar-refractivity contribution in [1.82, 2.24) is 5.32 Å². The van der Waals surface area contributed by atoms with E-state index in [1.54, 1.807) is 0 Å². The third kappa shape index (κ3) is 7.53. The van der Waals surface area contributed by atoms with Gasteiger partial charge in [-0.2, -0.15) is 0 Å². The lowest BCUT2D eigenvalue weighted by Crippen LogP contribution is -2.50. The molecule has 2 atom stereocenters. The van der Waals surface area contributed by atoms with E-state index in [1.165, 1.54) is 31.2 Å². The number of ether oxygens (including phenoxy) is 1. The second kappa shape index (κ2) is 10.6. The van der Waals surface area contributed by atoms with E-state index >= 15 is 0 Å². The number of alkyl halides is 2. The fourth-order valence-corrected chi connectivity index (χ4v) is 3.47. The highest BCUT2D eigenvalue weighted by Crippen LogP contribution is 2.37. The summed E-state index contributed by atoms with van der Waals surface area (Å²) in [5.41, 5.74) is 0.348. The second-order valence-electron chi connectivity index (χ2n) is 8.37. The summed E-state index contributed by atoms with van der Waals surface area (Å²) in [5.74, 6) is -1.25.